The lowest BCUT2D eigenvalue weighted by atomic mass is 10.0. The standard InChI is InChI=1S/C52H103NO5/c1-4-7-10-13-16-19-22-24-25-26-28-30-33-36-39-42-45-52(57)58-48(43-40-37-34-31-21-18-15-12-9-6-3)46-51(56)53-49(47-54)50(55)44-41-38-35-32-29-27-23-20-17-14-11-8-5-2/h48-50,54-55H,4-47H2,1-3H3,(H,53,56). The van der Waals surface area contributed by atoms with Crippen molar-refractivity contribution in [1.29, 1.82) is 0 Å². The zero-order chi connectivity index (χ0) is 42.4. The first-order valence-corrected chi connectivity index (χ1v) is 26.3. The molecule has 3 atom stereocenters. The number of hydrogen-bond acceptors (Lipinski definition) is 5. The maximum atomic E-state index is 13.2. The molecule has 0 rings (SSSR count). The van der Waals surface area contributed by atoms with Gasteiger partial charge < -0.3 is 20.3 Å². The molecule has 3 N–H and O–H groups in total. The van der Waals surface area contributed by atoms with Gasteiger partial charge in [0.05, 0.1) is 25.2 Å². The quantitative estimate of drug-likeness (QED) is 0.0420. The molecule has 6 heteroatoms. The molecule has 3 unspecified atom stereocenters. The number of aliphatic hydroxyl groups is 2. The van der Waals surface area contributed by atoms with Crippen molar-refractivity contribution >= 4 is 11.9 Å². The maximum Gasteiger partial charge on any atom is 0.306 e. The molecule has 0 aliphatic rings. The van der Waals surface area contributed by atoms with Gasteiger partial charge in [-0.25, -0.2) is 0 Å². The van der Waals surface area contributed by atoms with Gasteiger partial charge in [-0.15, -0.1) is 0 Å². The second-order valence-corrected chi connectivity index (χ2v) is 18.3. The van der Waals surface area contributed by atoms with Crippen LogP contribution in [-0.2, 0) is 14.3 Å². The van der Waals surface area contributed by atoms with Crippen LogP contribution >= 0.6 is 0 Å². The van der Waals surface area contributed by atoms with Crippen molar-refractivity contribution in [2.24, 2.45) is 0 Å². The van der Waals surface area contributed by atoms with Crippen LogP contribution in [0.5, 0.6) is 0 Å². The Labute approximate surface area is 362 Å². The van der Waals surface area contributed by atoms with Crippen LogP contribution in [0.3, 0.4) is 0 Å². The molecule has 0 saturated carbocycles. The van der Waals surface area contributed by atoms with E-state index in [1.54, 1.807) is 0 Å². The molecule has 0 aromatic carbocycles. The van der Waals surface area contributed by atoms with Gasteiger partial charge in [-0.3, -0.25) is 9.59 Å². The molecular formula is C52H103NO5. The number of aliphatic hydroxyl groups excluding tert-OH is 2. The van der Waals surface area contributed by atoms with Crippen LogP contribution in [0.25, 0.3) is 0 Å². The van der Waals surface area contributed by atoms with Gasteiger partial charge in [0.15, 0.2) is 0 Å². The van der Waals surface area contributed by atoms with Gasteiger partial charge in [0.1, 0.15) is 6.10 Å². The SMILES string of the molecule is CCCCCCCCCCCCCCCCCCC(=O)OC(CCCCCCCCCCCC)CC(=O)NC(CO)C(O)CCCCCCCCCCCCCCC. The van der Waals surface area contributed by atoms with Gasteiger partial charge in [0, 0.05) is 6.42 Å². The highest BCUT2D eigenvalue weighted by atomic mass is 16.5. The third kappa shape index (κ3) is 41.6. The highest BCUT2D eigenvalue weighted by Crippen LogP contribution is 2.19. The van der Waals surface area contributed by atoms with Gasteiger partial charge in [0.25, 0.3) is 0 Å². The first kappa shape index (κ1) is 56.9. The second kappa shape index (κ2) is 46.9. The first-order valence-electron chi connectivity index (χ1n) is 26.3. The van der Waals surface area contributed by atoms with E-state index in [0.29, 0.717) is 19.3 Å². The van der Waals surface area contributed by atoms with E-state index in [2.05, 4.69) is 26.1 Å². The Morgan fingerprint density at radius 3 is 1.05 bits per heavy atom. The second-order valence-electron chi connectivity index (χ2n) is 18.3. The molecule has 0 spiro atoms. The Hall–Kier alpha value is -1.14. The smallest absolute Gasteiger partial charge is 0.306 e. The third-order valence-electron chi connectivity index (χ3n) is 12.4. The molecule has 1 amide bonds. The molecule has 0 radical (unpaired) electrons. The zero-order valence-corrected chi connectivity index (χ0v) is 39.5. The Morgan fingerprint density at radius 2 is 0.724 bits per heavy atom. The van der Waals surface area contributed by atoms with Crippen molar-refractivity contribution in [3.05, 3.63) is 0 Å². The van der Waals surface area contributed by atoms with E-state index < -0.39 is 18.2 Å². The topological polar surface area (TPSA) is 95.9 Å². The average molecular weight is 822 g/mol. The fraction of sp³-hybridized carbons (Fsp3) is 0.962. The molecule has 0 heterocycles. The van der Waals surface area contributed by atoms with Crippen LogP contribution in [0.1, 0.15) is 297 Å². The number of carbonyl (C=O) groups is 2. The molecule has 58 heavy (non-hydrogen) atoms. The summed E-state index contributed by atoms with van der Waals surface area (Å²) in [5.74, 6) is -0.452. The van der Waals surface area contributed by atoms with Crippen LogP contribution < -0.4 is 5.32 Å². The third-order valence-corrected chi connectivity index (χ3v) is 12.4. The summed E-state index contributed by atoms with van der Waals surface area (Å²) in [6.45, 7) is 6.50. The molecule has 0 aliphatic heterocycles. The fourth-order valence-corrected chi connectivity index (χ4v) is 8.43. The Bertz CT molecular complexity index is 837. The summed E-state index contributed by atoms with van der Waals surface area (Å²) < 4.78 is 5.93. The van der Waals surface area contributed by atoms with Crippen LogP contribution in [-0.4, -0.2) is 46.9 Å². The summed E-state index contributed by atoms with van der Waals surface area (Å²) in [5.41, 5.74) is 0. The Morgan fingerprint density at radius 1 is 0.431 bits per heavy atom. The monoisotopic (exact) mass is 822 g/mol. The van der Waals surface area contributed by atoms with Crippen LogP contribution in [0.15, 0.2) is 0 Å². The largest absolute Gasteiger partial charge is 0.462 e. The summed E-state index contributed by atoms with van der Waals surface area (Å²) in [6, 6.07) is -0.691. The van der Waals surface area contributed by atoms with Crippen LogP contribution in [0.2, 0.25) is 0 Å². The minimum absolute atomic E-state index is 0.0874. The molecule has 0 aromatic rings. The Kier molecular flexibility index (Phi) is 46.0. The van der Waals surface area contributed by atoms with Gasteiger partial charge in [-0.1, -0.05) is 258 Å². The minimum Gasteiger partial charge on any atom is -0.462 e. The molecule has 0 aromatic heterocycles. The molecule has 0 aliphatic carbocycles. The number of esters is 1. The van der Waals surface area contributed by atoms with E-state index in [9.17, 15) is 19.8 Å². The molecule has 0 saturated heterocycles. The van der Waals surface area contributed by atoms with Crippen molar-refractivity contribution in [1.82, 2.24) is 5.32 Å². The van der Waals surface area contributed by atoms with Crippen molar-refractivity contribution in [2.45, 2.75) is 315 Å². The zero-order valence-electron chi connectivity index (χ0n) is 39.5. The average Bonchev–Trinajstić information content (AvgIpc) is 3.22. The van der Waals surface area contributed by atoms with E-state index in [4.69, 9.17) is 4.74 Å². The number of nitrogens with one attached hydrogen (secondary N) is 1. The highest BCUT2D eigenvalue weighted by Gasteiger charge is 2.24. The number of ether oxygens (including phenoxy) is 1. The number of amides is 1. The van der Waals surface area contributed by atoms with E-state index in [0.717, 1.165) is 38.5 Å². The fourth-order valence-electron chi connectivity index (χ4n) is 8.43. The summed E-state index contributed by atoms with van der Waals surface area (Å²) in [5, 5.41) is 23.7. The summed E-state index contributed by atoms with van der Waals surface area (Å²) in [6.07, 6.45) is 50.2. The van der Waals surface area contributed by atoms with Crippen molar-refractivity contribution < 1.29 is 24.5 Å². The predicted molar refractivity (Wildman–Crippen MR) is 250 cm³/mol. The van der Waals surface area contributed by atoms with Crippen molar-refractivity contribution in [2.75, 3.05) is 6.61 Å². The van der Waals surface area contributed by atoms with Crippen LogP contribution in [0.4, 0.5) is 0 Å². The first-order chi connectivity index (χ1) is 28.5. The van der Waals surface area contributed by atoms with E-state index >= 15 is 0 Å². The minimum atomic E-state index is -0.778. The summed E-state index contributed by atoms with van der Waals surface area (Å²) >= 11 is 0. The normalized spacial score (nSPS) is 13.1. The van der Waals surface area contributed by atoms with E-state index in [1.165, 1.54) is 212 Å². The van der Waals surface area contributed by atoms with E-state index in [-0.39, 0.29) is 24.9 Å². The van der Waals surface area contributed by atoms with Crippen molar-refractivity contribution in [3.63, 3.8) is 0 Å². The van der Waals surface area contributed by atoms with E-state index in [1.807, 2.05) is 0 Å². The van der Waals surface area contributed by atoms with Crippen molar-refractivity contribution in [3.8, 4) is 0 Å². The highest BCUT2D eigenvalue weighted by molar-refractivity contribution is 5.77. The number of rotatable bonds is 48. The lowest BCUT2D eigenvalue weighted by molar-refractivity contribution is -0.151. The number of carbonyl (C=O) groups excluding carboxylic acids is 2. The lowest BCUT2D eigenvalue weighted by Crippen LogP contribution is -2.46. The maximum absolute atomic E-state index is 13.2. The predicted octanol–water partition coefficient (Wildman–Crippen LogP) is 15.6. The number of unbranched alkanes of at least 4 members (excludes halogenated alkanes) is 36. The molecule has 346 valence electrons. The van der Waals surface area contributed by atoms with Crippen LogP contribution in [0, 0.1) is 0 Å². The summed E-state index contributed by atoms with van der Waals surface area (Å²) in [4.78, 5) is 26.1. The van der Waals surface area contributed by atoms with Gasteiger partial charge in [-0.05, 0) is 25.7 Å². The van der Waals surface area contributed by atoms with Gasteiger partial charge >= 0.3 is 5.97 Å². The molecule has 0 bridgehead atoms. The Balaban J connectivity index is 4.43. The molecular weight excluding hydrogens is 719 g/mol. The molecule has 6 nitrogen and oxygen atoms in total. The van der Waals surface area contributed by atoms with Gasteiger partial charge in [-0.2, -0.15) is 0 Å². The van der Waals surface area contributed by atoms with Gasteiger partial charge in [0.2, 0.25) is 5.91 Å². The lowest BCUT2D eigenvalue weighted by Gasteiger charge is -2.24. The number of hydrogen-bond donors (Lipinski definition) is 3. The summed E-state index contributed by atoms with van der Waals surface area (Å²) in [7, 11) is 0. The molecule has 0 fully saturated rings.